The molecule has 0 saturated carbocycles. The molecular formula is C9H12O. The normalized spacial score (nSPS) is 31.0. The quantitative estimate of drug-likeness (QED) is 0.395. The van der Waals surface area contributed by atoms with Crippen molar-refractivity contribution in [1.29, 1.82) is 0 Å². The van der Waals surface area contributed by atoms with Crippen LogP contribution in [0.25, 0.3) is 0 Å². The second kappa shape index (κ2) is 2.90. The van der Waals surface area contributed by atoms with Crippen LogP contribution in [0.3, 0.4) is 0 Å². The molecule has 1 N–H and O–H groups in total. The first-order valence-electron chi connectivity index (χ1n) is 3.61. The van der Waals surface area contributed by atoms with Gasteiger partial charge >= 0.3 is 0 Å². The highest BCUT2D eigenvalue weighted by Crippen LogP contribution is 2.20. The predicted octanol–water partition coefficient (Wildman–Crippen LogP) is 1.48. The van der Waals surface area contributed by atoms with Gasteiger partial charge in [-0.05, 0) is 32.3 Å². The molecule has 0 fully saturated rings. The van der Waals surface area contributed by atoms with Crippen LogP contribution in [0.1, 0.15) is 26.2 Å². The van der Waals surface area contributed by atoms with Gasteiger partial charge in [0.1, 0.15) is 5.60 Å². The van der Waals surface area contributed by atoms with Crippen LogP contribution >= 0.6 is 0 Å². The second-order valence-electron chi connectivity index (χ2n) is 2.59. The zero-order valence-electron chi connectivity index (χ0n) is 6.22. The van der Waals surface area contributed by atoms with Gasteiger partial charge in [0.25, 0.3) is 0 Å². The first kappa shape index (κ1) is 7.37. The summed E-state index contributed by atoms with van der Waals surface area (Å²) in [6, 6.07) is 0. The summed E-state index contributed by atoms with van der Waals surface area (Å²) < 4.78 is 0. The molecule has 0 aromatic heterocycles. The van der Waals surface area contributed by atoms with Gasteiger partial charge in [0, 0.05) is 0 Å². The Morgan fingerprint density at radius 2 is 2.40 bits per heavy atom. The zero-order valence-corrected chi connectivity index (χ0v) is 6.22. The monoisotopic (exact) mass is 136 g/mol. The molecule has 0 bridgehead atoms. The van der Waals surface area contributed by atoms with E-state index >= 15 is 0 Å². The average molecular weight is 136 g/mol. The Hall–Kier alpha value is -0.740. The maximum absolute atomic E-state index is 9.61. The second-order valence-corrected chi connectivity index (χ2v) is 2.59. The standard InChI is InChI=1S/C9H12O/c1-2-6-9(10)7-4-3-5-8-9/h4,7,10H,3,5,8H2,1H3. The number of hydrogen-bond acceptors (Lipinski definition) is 1. The van der Waals surface area contributed by atoms with Crippen LogP contribution in [-0.4, -0.2) is 10.7 Å². The summed E-state index contributed by atoms with van der Waals surface area (Å²) in [5.41, 5.74) is -0.812. The summed E-state index contributed by atoms with van der Waals surface area (Å²) in [4.78, 5) is 0. The van der Waals surface area contributed by atoms with Crippen LogP contribution in [0.2, 0.25) is 0 Å². The lowest BCUT2D eigenvalue weighted by molar-refractivity contribution is 0.135. The van der Waals surface area contributed by atoms with Crippen molar-refractivity contribution in [3.8, 4) is 11.8 Å². The molecule has 1 nitrogen and oxygen atoms in total. The minimum absolute atomic E-state index is 0.782. The van der Waals surface area contributed by atoms with Crippen molar-refractivity contribution in [1.82, 2.24) is 0 Å². The lowest BCUT2D eigenvalue weighted by Gasteiger charge is -2.20. The number of allylic oxidation sites excluding steroid dienone is 1. The van der Waals surface area contributed by atoms with E-state index in [0.29, 0.717) is 0 Å². The summed E-state index contributed by atoms with van der Waals surface area (Å²) in [6.07, 6.45) is 6.70. The molecule has 10 heavy (non-hydrogen) atoms. The Bertz CT molecular complexity index is 195. The van der Waals surface area contributed by atoms with Crippen LogP contribution in [0, 0.1) is 11.8 Å². The molecule has 1 rings (SSSR count). The van der Waals surface area contributed by atoms with Crippen molar-refractivity contribution >= 4 is 0 Å². The van der Waals surface area contributed by atoms with Gasteiger partial charge in [-0.1, -0.05) is 12.0 Å². The van der Waals surface area contributed by atoms with Gasteiger partial charge in [0.15, 0.2) is 0 Å². The Morgan fingerprint density at radius 1 is 1.60 bits per heavy atom. The summed E-state index contributed by atoms with van der Waals surface area (Å²) in [6.45, 7) is 1.75. The lowest BCUT2D eigenvalue weighted by Crippen LogP contribution is -2.25. The molecule has 1 unspecified atom stereocenters. The van der Waals surface area contributed by atoms with E-state index in [1.807, 2.05) is 6.08 Å². The highest BCUT2D eigenvalue weighted by atomic mass is 16.3. The van der Waals surface area contributed by atoms with E-state index in [1.54, 1.807) is 13.0 Å². The maximum Gasteiger partial charge on any atom is 0.144 e. The van der Waals surface area contributed by atoms with Crippen molar-refractivity contribution in [3.63, 3.8) is 0 Å². The van der Waals surface area contributed by atoms with Gasteiger partial charge in [-0.15, -0.1) is 5.92 Å². The van der Waals surface area contributed by atoms with Crippen molar-refractivity contribution in [2.45, 2.75) is 31.8 Å². The maximum atomic E-state index is 9.61. The minimum atomic E-state index is -0.812. The Kier molecular flexibility index (Phi) is 2.13. The predicted molar refractivity (Wildman–Crippen MR) is 41.4 cm³/mol. The molecule has 0 saturated heterocycles. The van der Waals surface area contributed by atoms with Crippen LogP contribution in [0.4, 0.5) is 0 Å². The van der Waals surface area contributed by atoms with E-state index in [1.165, 1.54) is 0 Å². The minimum Gasteiger partial charge on any atom is -0.374 e. The SMILES string of the molecule is CC#CC1(O)C=CCCC1. The Morgan fingerprint density at radius 3 is 2.90 bits per heavy atom. The molecule has 0 radical (unpaired) electrons. The largest absolute Gasteiger partial charge is 0.374 e. The molecule has 0 heterocycles. The third-order valence-corrected chi connectivity index (χ3v) is 1.66. The van der Waals surface area contributed by atoms with Crippen molar-refractivity contribution in [3.05, 3.63) is 12.2 Å². The Labute approximate surface area is 61.8 Å². The third kappa shape index (κ3) is 1.62. The summed E-state index contributed by atoms with van der Waals surface area (Å²) >= 11 is 0. The lowest BCUT2D eigenvalue weighted by atomic mass is 9.92. The zero-order chi connectivity index (χ0) is 7.45. The van der Waals surface area contributed by atoms with E-state index < -0.39 is 5.60 Å². The Balaban J connectivity index is 2.72. The van der Waals surface area contributed by atoms with Gasteiger partial charge in [-0.3, -0.25) is 0 Å². The molecule has 0 amide bonds. The molecule has 1 aliphatic rings. The fourth-order valence-corrected chi connectivity index (χ4v) is 1.17. The summed E-state index contributed by atoms with van der Waals surface area (Å²) in [5, 5.41) is 9.61. The highest BCUT2D eigenvalue weighted by Gasteiger charge is 2.21. The van der Waals surface area contributed by atoms with E-state index in [-0.39, 0.29) is 0 Å². The molecule has 0 aliphatic heterocycles. The fourth-order valence-electron chi connectivity index (χ4n) is 1.17. The van der Waals surface area contributed by atoms with Gasteiger partial charge in [0.2, 0.25) is 0 Å². The smallest absolute Gasteiger partial charge is 0.144 e. The average Bonchev–Trinajstić information content (AvgIpc) is 1.89. The van der Waals surface area contributed by atoms with E-state index in [9.17, 15) is 5.11 Å². The van der Waals surface area contributed by atoms with Crippen LogP contribution in [-0.2, 0) is 0 Å². The van der Waals surface area contributed by atoms with Crippen molar-refractivity contribution < 1.29 is 5.11 Å². The molecule has 1 aliphatic carbocycles. The first-order valence-corrected chi connectivity index (χ1v) is 3.61. The molecule has 0 aromatic rings. The van der Waals surface area contributed by atoms with Crippen LogP contribution in [0.5, 0.6) is 0 Å². The van der Waals surface area contributed by atoms with E-state index in [2.05, 4.69) is 11.8 Å². The van der Waals surface area contributed by atoms with Crippen LogP contribution < -0.4 is 0 Å². The number of aliphatic hydroxyl groups is 1. The van der Waals surface area contributed by atoms with Gasteiger partial charge in [-0.25, -0.2) is 0 Å². The molecule has 54 valence electrons. The first-order chi connectivity index (χ1) is 4.77. The number of hydrogen-bond donors (Lipinski definition) is 1. The topological polar surface area (TPSA) is 20.2 Å². The van der Waals surface area contributed by atoms with Crippen molar-refractivity contribution in [2.24, 2.45) is 0 Å². The summed E-state index contributed by atoms with van der Waals surface area (Å²) in [5.74, 6) is 5.51. The molecule has 1 heteroatoms. The van der Waals surface area contributed by atoms with Crippen molar-refractivity contribution in [2.75, 3.05) is 0 Å². The highest BCUT2D eigenvalue weighted by molar-refractivity contribution is 5.23. The van der Waals surface area contributed by atoms with E-state index in [0.717, 1.165) is 19.3 Å². The molecular weight excluding hydrogens is 124 g/mol. The van der Waals surface area contributed by atoms with Crippen LogP contribution in [0.15, 0.2) is 12.2 Å². The third-order valence-electron chi connectivity index (χ3n) is 1.66. The summed E-state index contributed by atoms with van der Waals surface area (Å²) in [7, 11) is 0. The van der Waals surface area contributed by atoms with Gasteiger partial charge in [0.05, 0.1) is 0 Å². The van der Waals surface area contributed by atoms with Gasteiger partial charge < -0.3 is 5.11 Å². The van der Waals surface area contributed by atoms with Gasteiger partial charge in [-0.2, -0.15) is 0 Å². The molecule has 1 atom stereocenters. The fraction of sp³-hybridized carbons (Fsp3) is 0.556. The molecule has 0 aromatic carbocycles. The van der Waals surface area contributed by atoms with E-state index in [4.69, 9.17) is 0 Å². The number of rotatable bonds is 0. The molecule has 0 spiro atoms.